The zero-order valence-electron chi connectivity index (χ0n) is 17.1. The first-order chi connectivity index (χ1) is 14.8. The molecule has 0 radical (unpaired) electrons. The fraction of sp³-hybridized carbons (Fsp3) is 0.500. The van der Waals surface area contributed by atoms with Gasteiger partial charge in [-0.2, -0.15) is 10.1 Å². The quantitative estimate of drug-likeness (QED) is 0.604. The molecule has 1 unspecified atom stereocenters. The minimum atomic E-state index is -0.0720. The molecule has 1 aromatic carbocycles. The Balaban J connectivity index is 1.63. The minimum Gasteiger partial charge on any atom is -0.488 e. The number of hydrogen-bond acceptors (Lipinski definition) is 7. The van der Waals surface area contributed by atoms with Crippen molar-refractivity contribution in [1.29, 1.82) is 0 Å². The van der Waals surface area contributed by atoms with Gasteiger partial charge in [0.1, 0.15) is 17.5 Å². The van der Waals surface area contributed by atoms with Crippen LogP contribution in [0.25, 0.3) is 22.3 Å². The summed E-state index contributed by atoms with van der Waals surface area (Å²) in [7, 11) is 0. The van der Waals surface area contributed by atoms with Crippen LogP contribution in [0.15, 0.2) is 30.5 Å². The molecule has 1 fully saturated rings. The number of benzene rings is 1. The summed E-state index contributed by atoms with van der Waals surface area (Å²) in [5, 5.41) is 5.89. The van der Waals surface area contributed by atoms with Crippen molar-refractivity contribution < 1.29 is 18.9 Å². The maximum Gasteiger partial charge on any atom is 0.316 e. The van der Waals surface area contributed by atoms with Gasteiger partial charge in [-0.3, -0.25) is 0 Å². The SMILES string of the molecule is C[C@@H]1COCCCOc2nccc(n2)-c2nn(C3CCCCO3)c3ccc(cc23)O1. The van der Waals surface area contributed by atoms with Gasteiger partial charge >= 0.3 is 6.01 Å². The van der Waals surface area contributed by atoms with Crippen LogP contribution in [-0.2, 0) is 9.47 Å². The summed E-state index contributed by atoms with van der Waals surface area (Å²) in [6.45, 7) is 4.37. The molecular weight excluding hydrogens is 384 g/mol. The van der Waals surface area contributed by atoms with Crippen molar-refractivity contribution in [3.05, 3.63) is 30.5 Å². The van der Waals surface area contributed by atoms with Crippen molar-refractivity contribution >= 4 is 10.9 Å². The van der Waals surface area contributed by atoms with Crippen LogP contribution < -0.4 is 9.47 Å². The molecule has 4 heterocycles. The number of hydrogen-bond donors (Lipinski definition) is 0. The zero-order valence-corrected chi connectivity index (χ0v) is 17.1. The summed E-state index contributed by atoms with van der Waals surface area (Å²) < 4.78 is 25.5. The van der Waals surface area contributed by atoms with Crippen molar-refractivity contribution in [3.63, 3.8) is 0 Å². The van der Waals surface area contributed by atoms with Crippen LogP contribution >= 0.6 is 0 Å². The van der Waals surface area contributed by atoms with Crippen molar-refractivity contribution in [2.45, 2.75) is 44.9 Å². The molecule has 0 N–H and O–H groups in total. The molecule has 2 aliphatic rings. The van der Waals surface area contributed by atoms with E-state index in [1.54, 1.807) is 6.20 Å². The maximum absolute atomic E-state index is 6.10. The van der Waals surface area contributed by atoms with E-state index in [1.165, 1.54) is 0 Å². The molecule has 5 rings (SSSR count). The topological polar surface area (TPSA) is 80.5 Å². The highest BCUT2D eigenvalue weighted by atomic mass is 16.5. The lowest BCUT2D eigenvalue weighted by Gasteiger charge is -2.23. The maximum atomic E-state index is 6.10. The molecule has 0 saturated carbocycles. The van der Waals surface area contributed by atoms with Gasteiger partial charge in [-0.15, -0.1) is 0 Å². The fourth-order valence-electron chi connectivity index (χ4n) is 3.90. The Morgan fingerprint density at radius 3 is 2.93 bits per heavy atom. The van der Waals surface area contributed by atoms with Crippen LogP contribution in [0.3, 0.4) is 0 Å². The first kappa shape index (κ1) is 19.3. The van der Waals surface area contributed by atoms with E-state index in [-0.39, 0.29) is 12.3 Å². The molecule has 0 spiro atoms. The second-order valence-corrected chi connectivity index (χ2v) is 7.72. The van der Waals surface area contributed by atoms with Gasteiger partial charge < -0.3 is 18.9 Å². The Kier molecular flexibility index (Phi) is 5.50. The normalized spacial score (nSPS) is 22.7. The second kappa shape index (κ2) is 8.57. The van der Waals surface area contributed by atoms with Crippen LogP contribution in [0, 0.1) is 0 Å². The molecule has 8 nitrogen and oxygen atoms in total. The summed E-state index contributed by atoms with van der Waals surface area (Å²) in [4.78, 5) is 8.85. The number of aromatic nitrogens is 4. The molecule has 3 aromatic rings. The van der Waals surface area contributed by atoms with Crippen LogP contribution in [0.5, 0.6) is 11.8 Å². The third kappa shape index (κ3) is 3.97. The highest BCUT2D eigenvalue weighted by Gasteiger charge is 2.23. The Bertz CT molecular complexity index is 1020. The molecule has 2 atom stereocenters. The number of rotatable bonds is 1. The van der Waals surface area contributed by atoms with Gasteiger partial charge in [-0.25, -0.2) is 9.67 Å². The summed E-state index contributed by atoms with van der Waals surface area (Å²) in [5.41, 5.74) is 2.49. The van der Waals surface area contributed by atoms with Gasteiger partial charge in [0.05, 0.1) is 24.4 Å². The molecule has 4 bridgehead atoms. The second-order valence-electron chi connectivity index (χ2n) is 7.72. The standard InChI is InChI=1S/C22H26N4O4/c1-15-14-27-10-4-12-29-22-23-9-8-18(24-22)21-17-13-16(30-15)6-7-19(17)26(25-21)20-5-2-3-11-28-20/h6-9,13,15,20H,2-5,10-12,14H2,1H3/t15-,20?/m1/s1. The molecular formula is C22H26N4O4. The predicted molar refractivity (Wildman–Crippen MR) is 111 cm³/mol. The van der Waals surface area contributed by atoms with Crippen LogP contribution in [0.2, 0.25) is 0 Å². The summed E-state index contributed by atoms with van der Waals surface area (Å²) in [6.07, 6.45) is 5.49. The smallest absolute Gasteiger partial charge is 0.316 e. The van der Waals surface area contributed by atoms with Crippen LogP contribution in [0.4, 0.5) is 0 Å². The lowest BCUT2D eigenvalue weighted by Crippen LogP contribution is -2.20. The number of nitrogens with zero attached hydrogens (tertiary/aromatic N) is 4. The van der Waals surface area contributed by atoms with Crippen LogP contribution in [-0.4, -0.2) is 52.3 Å². The largest absolute Gasteiger partial charge is 0.488 e. The lowest BCUT2D eigenvalue weighted by atomic mass is 10.1. The van der Waals surface area contributed by atoms with Crippen molar-refractivity contribution in [3.8, 4) is 23.1 Å². The lowest BCUT2D eigenvalue weighted by molar-refractivity contribution is -0.0365. The van der Waals surface area contributed by atoms with Crippen molar-refractivity contribution in [1.82, 2.24) is 19.7 Å². The minimum absolute atomic E-state index is 0.0606. The fourth-order valence-corrected chi connectivity index (χ4v) is 3.90. The molecule has 8 heteroatoms. The predicted octanol–water partition coefficient (Wildman–Crippen LogP) is 3.76. The first-order valence-corrected chi connectivity index (χ1v) is 10.6. The van der Waals surface area contributed by atoms with E-state index < -0.39 is 0 Å². The van der Waals surface area contributed by atoms with E-state index in [0.29, 0.717) is 25.8 Å². The number of fused-ring (bicyclic) bond motifs is 4. The zero-order chi connectivity index (χ0) is 20.3. The van der Waals surface area contributed by atoms with Gasteiger partial charge in [0, 0.05) is 31.2 Å². The summed E-state index contributed by atoms with van der Waals surface area (Å²) in [6, 6.07) is 8.26. The molecule has 2 aliphatic heterocycles. The van der Waals surface area contributed by atoms with Gasteiger partial charge in [0.15, 0.2) is 6.23 Å². The van der Waals surface area contributed by atoms with Gasteiger partial charge in [-0.1, -0.05) is 0 Å². The van der Waals surface area contributed by atoms with Crippen LogP contribution in [0.1, 0.15) is 38.8 Å². The third-order valence-electron chi connectivity index (χ3n) is 5.34. The molecule has 0 amide bonds. The molecule has 30 heavy (non-hydrogen) atoms. The van der Waals surface area contributed by atoms with E-state index >= 15 is 0 Å². The Hall–Kier alpha value is -2.71. The van der Waals surface area contributed by atoms with E-state index in [1.807, 2.05) is 35.9 Å². The monoisotopic (exact) mass is 410 g/mol. The average Bonchev–Trinajstić information content (AvgIpc) is 3.15. The van der Waals surface area contributed by atoms with Crippen molar-refractivity contribution in [2.24, 2.45) is 0 Å². The first-order valence-electron chi connectivity index (χ1n) is 10.6. The molecule has 2 aromatic heterocycles. The molecule has 1 saturated heterocycles. The number of ether oxygens (including phenoxy) is 4. The van der Waals surface area contributed by atoms with E-state index in [4.69, 9.17) is 24.0 Å². The van der Waals surface area contributed by atoms with E-state index in [0.717, 1.165) is 60.3 Å². The Morgan fingerprint density at radius 1 is 1.07 bits per heavy atom. The molecule has 158 valence electrons. The average molecular weight is 410 g/mol. The van der Waals surface area contributed by atoms with E-state index in [9.17, 15) is 0 Å². The Labute approximate surface area is 175 Å². The summed E-state index contributed by atoms with van der Waals surface area (Å²) in [5.74, 6) is 0.782. The van der Waals surface area contributed by atoms with Crippen molar-refractivity contribution in [2.75, 3.05) is 26.4 Å². The van der Waals surface area contributed by atoms with Gasteiger partial charge in [0.25, 0.3) is 0 Å². The van der Waals surface area contributed by atoms with Gasteiger partial charge in [0.2, 0.25) is 0 Å². The molecule has 0 aliphatic carbocycles. The Morgan fingerprint density at radius 2 is 2.03 bits per heavy atom. The van der Waals surface area contributed by atoms with E-state index in [2.05, 4.69) is 9.97 Å². The third-order valence-corrected chi connectivity index (χ3v) is 5.34. The summed E-state index contributed by atoms with van der Waals surface area (Å²) >= 11 is 0. The highest BCUT2D eigenvalue weighted by Crippen LogP contribution is 2.34. The highest BCUT2D eigenvalue weighted by molar-refractivity contribution is 5.93. The van der Waals surface area contributed by atoms with Gasteiger partial charge in [-0.05, 0) is 50.5 Å².